The molecular weight excluding hydrogens is 308 g/mol. The van der Waals surface area contributed by atoms with Crippen molar-refractivity contribution in [2.24, 2.45) is 0 Å². The Hall–Kier alpha value is -1.34. The van der Waals surface area contributed by atoms with E-state index in [1.807, 2.05) is 12.3 Å². The molecular formula is C14H18N2O3S2. The average molecular weight is 326 g/mol. The number of aliphatic carboxylic acids is 1. The first-order valence-corrected chi connectivity index (χ1v) is 8.75. The molecule has 0 aliphatic heterocycles. The molecule has 1 unspecified atom stereocenters. The van der Waals surface area contributed by atoms with Crippen molar-refractivity contribution in [2.45, 2.75) is 44.3 Å². The molecule has 2 rings (SSSR count). The van der Waals surface area contributed by atoms with E-state index in [-0.39, 0.29) is 17.4 Å². The van der Waals surface area contributed by atoms with Crippen LogP contribution in [-0.4, -0.2) is 26.4 Å². The van der Waals surface area contributed by atoms with Crippen molar-refractivity contribution >= 4 is 39.3 Å². The van der Waals surface area contributed by atoms with Gasteiger partial charge in [-0.1, -0.05) is 31.5 Å². The molecule has 0 amide bonds. The second kappa shape index (κ2) is 7.09. The molecule has 0 spiro atoms. The number of rotatable bonds is 7. The molecule has 114 valence electrons. The first-order valence-electron chi connectivity index (χ1n) is 6.89. The van der Waals surface area contributed by atoms with E-state index in [9.17, 15) is 9.59 Å². The molecule has 5 nitrogen and oxygen atoms in total. The van der Waals surface area contributed by atoms with Gasteiger partial charge in [0.2, 0.25) is 0 Å². The second-order valence-corrected chi connectivity index (χ2v) is 6.74. The lowest BCUT2D eigenvalue weighted by atomic mass is 10.1. The summed E-state index contributed by atoms with van der Waals surface area (Å²) in [6, 6.07) is 1.82. The number of unbranched alkanes of at least 4 members (excludes halogenated alkanes) is 1. The zero-order valence-corrected chi connectivity index (χ0v) is 13.7. The Balaban J connectivity index is 2.46. The highest BCUT2D eigenvalue weighted by Gasteiger charge is 2.17. The molecule has 1 N–H and O–H groups in total. The molecule has 0 aromatic carbocycles. The van der Waals surface area contributed by atoms with Crippen LogP contribution in [0.25, 0.3) is 10.2 Å². The minimum absolute atomic E-state index is 0.0211. The first-order chi connectivity index (χ1) is 10.0. The van der Waals surface area contributed by atoms with Crippen LogP contribution >= 0.6 is 23.1 Å². The maximum absolute atomic E-state index is 12.6. The van der Waals surface area contributed by atoms with E-state index in [2.05, 4.69) is 11.9 Å². The van der Waals surface area contributed by atoms with E-state index >= 15 is 0 Å². The van der Waals surface area contributed by atoms with E-state index in [4.69, 9.17) is 5.11 Å². The molecule has 21 heavy (non-hydrogen) atoms. The summed E-state index contributed by atoms with van der Waals surface area (Å²) in [5.41, 5.74) is 0.586. The number of aromatic nitrogens is 2. The fourth-order valence-corrected chi connectivity index (χ4v) is 3.73. The van der Waals surface area contributed by atoms with Gasteiger partial charge in [0.15, 0.2) is 5.16 Å². The van der Waals surface area contributed by atoms with Gasteiger partial charge in [0.1, 0.15) is 4.70 Å². The maximum Gasteiger partial charge on any atom is 0.313 e. The van der Waals surface area contributed by atoms with Gasteiger partial charge >= 0.3 is 5.97 Å². The lowest BCUT2D eigenvalue weighted by Crippen LogP contribution is -2.26. The number of carboxylic acid groups (broad SMARTS) is 1. The van der Waals surface area contributed by atoms with Crippen LogP contribution in [-0.2, 0) is 4.79 Å². The number of carboxylic acids is 1. The zero-order chi connectivity index (χ0) is 15.4. The summed E-state index contributed by atoms with van der Waals surface area (Å²) >= 11 is 2.49. The number of nitrogens with zero attached hydrogens (tertiary/aromatic N) is 2. The van der Waals surface area contributed by atoms with Crippen LogP contribution in [0, 0.1) is 0 Å². The topological polar surface area (TPSA) is 72.2 Å². The van der Waals surface area contributed by atoms with Gasteiger partial charge in [-0.25, -0.2) is 4.98 Å². The van der Waals surface area contributed by atoms with E-state index in [1.54, 1.807) is 10.6 Å². The molecule has 0 bridgehead atoms. The Labute approximate surface area is 131 Å². The highest BCUT2D eigenvalue weighted by Crippen LogP contribution is 2.25. The van der Waals surface area contributed by atoms with Crippen LogP contribution in [0.15, 0.2) is 21.4 Å². The van der Waals surface area contributed by atoms with Crippen LogP contribution in [0.2, 0.25) is 0 Å². The number of fused-ring (bicyclic) bond motifs is 1. The Morgan fingerprint density at radius 2 is 2.33 bits per heavy atom. The molecule has 0 saturated carbocycles. The normalized spacial score (nSPS) is 12.7. The summed E-state index contributed by atoms with van der Waals surface area (Å²) in [5.74, 6) is -1.00. The summed E-state index contributed by atoms with van der Waals surface area (Å²) in [6.45, 7) is 4.10. The van der Waals surface area contributed by atoms with Crippen molar-refractivity contribution in [2.75, 3.05) is 5.75 Å². The monoisotopic (exact) mass is 326 g/mol. The molecule has 0 aliphatic carbocycles. The van der Waals surface area contributed by atoms with Crippen molar-refractivity contribution in [3.63, 3.8) is 0 Å². The molecule has 2 aromatic heterocycles. The molecule has 0 saturated heterocycles. The quantitative estimate of drug-likeness (QED) is 0.624. The molecule has 1 atom stereocenters. The van der Waals surface area contributed by atoms with Crippen LogP contribution in [0.1, 0.15) is 39.2 Å². The van der Waals surface area contributed by atoms with Gasteiger partial charge in [0.25, 0.3) is 5.56 Å². The van der Waals surface area contributed by atoms with Crippen LogP contribution in [0.3, 0.4) is 0 Å². The molecule has 2 aromatic rings. The van der Waals surface area contributed by atoms with Gasteiger partial charge < -0.3 is 5.11 Å². The highest BCUT2D eigenvalue weighted by atomic mass is 32.2. The molecule has 0 aliphatic rings. The van der Waals surface area contributed by atoms with Crippen molar-refractivity contribution in [1.29, 1.82) is 0 Å². The van der Waals surface area contributed by atoms with E-state index < -0.39 is 5.97 Å². The fraction of sp³-hybridized carbons (Fsp3) is 0.500. The number of carbonyl (C=O) groups is 1. The molecule has 7 heteroatoms. The van der Waals surface area contributed by atoms with Gasteiger partial charge in [-0.3, -0.25) is 14.2 Å². The second-order valence-electron chi connectivity index (χ2n) is 4.88. The predicted octanol–water partition coefficient (Wildman–Crippen LogP) is 3.39. The molecule has 0 fully saturated rings. The smallest absolute Gasteiger partial charge is 0.313 e. The van der Waals surface area contributed by atoms with Crippen molar-refractivity contribution in [1.82, 2.24) is 9.55 Å². The predicted molar refractivity (Wildman–Crippen MR) is 86.5 cm³/mol. The van der Waals surface area contributed by atoms with Crippen LogP contribution < -0.4 is 5.56 Å². The Bertz CT molecular complexity index is 693. The van der Waals surface area contributed by atoms with Crippen LogP contribution in [0.5, 0.6) is 0 Å². The maximum atomic E-state index is 12.6. The first kappa shape index (κ1) is 16.0. The van der Waals surface area contributed by atoms with Crippen molar-refractivity contribution < 1.29 is 9.90 Å². The Morgan fingerprint density at radius 1 is 1.57 bits per heavy atom. The van der Waals surface area contributed by atoms with Crippen LogP contribution in [0.4, 0.5) is 0 Å². The molecule has 2 heterocycles. The number of thioether (sulfide) groups is 1. The highest BCUT2D eigenvalue weighted by molar-refractivity contribution is 7.99. The average Bonchev–Trinajstić information content (AvgIpc) is 2.91. The number of thiophene rings is 1. The minimum Gasteiger partial charge on any atom is -0.481 e. The third-order valence-electron chi connectivity index (χ3n) is 3.22. The third kappa shape index (κ3) is 3.65. The summed E-state index contributed by atoms with van der Waals surface area (Å²) < 4.78 is 2.29. The van der Waals surface area contributed by atoms with Gasteiger partial charge in [-0.05, 0) is 24.8 Å². The zero-order valence-electron chi connectivity index (χ0n) is 12.0. The van der Waals surface area contributed by atoms with Crippen molar-refractivity contribution in [3.05, 3.63) is 21.8 Å². The van der Waals surface area contributed by atoms with Gasteiger partial charge in [0.05, 0.1) is 11.3 Å². The Kier molecular flexibility index (Phi) is 5.41. The fourth-order valence-electron chi connectivity index (χ4n) is 2.15. The summed E-state index contributed by atoms with van der Waals surface area (Å²) in [6.07, 6.45) is 2.97. The van der Waals surface area contributed by atoms with E-state index in [1.165, 1.54) is 11.3 Å². The summed E-state index contributed by atoms with van der Waals surface area (Å²) in [7, 11) is 0. The van der Waals surface area contributed by atoms with Gasteiger partial charge in [-0.2, -0.15) is 0 Å². The summed E-state index contributed by atoms with van der Waals surface area (Å²) in [5, 5.41) is 11.2. The lowest BCUT2D eigenvalue weighted by Gasteiger charge is -2.18. The number of hydrogen-bond acceptors (Lipinski definition) is 5. The number of hydrogen-bond donors (Lipinski definition) is 1. The van der Waals surface area contributed by atoms with Gasteiger partial charge in [-0.15, -0.1) is 11.3 Å². The van der Waals surface area contributed by atoms with E-state index in [0.717, 1.165) is 31.0 Å². The lowest BCUT2D eigenvalue weighted by molar-refractivity contribution is -0.133. The third-order valence-corrected chi connectivity index (χ3v) is 5.05. The molecule has 0 radical (unpaired) electrons. The largest absolute Gasteiger partial charge is 0.481 e. The Morgan fingerprint density at radius 3 is 3.00 bits per heavy atom. The van der Waals surface area contributed by atoms with E-state index in [0.29, 0.717) is 15.4 Å². The summed E-state index contributed by atoms with van der Waals surface area (Å²) in [4.78, 5) is 27.9. The SMILES string of the molecule is CCCCC(C)n1c(SCC(=O)O)nc2ccsc2c1=O. The minimum atomic E-state index is -0.910. The van der Waals surface area contributed by atoms with Gasteiger partial charge in [0, 0.05) is 6.04 Å². The van der Waals surface area contributed by atoms with Crippen molar-refractivity contribution in [3.8, 4) is 0 Å². The standard InChI is InChI=1S/C14H18N2O3S2/c1-3-4-5-9(2)16-13(19)12-10(6-7-20-12)15-14(16)21-8-11(17)18/h6-7,9H,3-5,8H2,1-2H3,(H,17,18).